The number of rotatable bonds is 8. The van der Waals surface area contributed by atoms with E-state index in [1.165, 1.54) is 56.2 Å². The highest BCUT2D eigenvalue weighted by Gasteiger charge is 2.22. The smallest absolute Gasteiger partial charge is 0.343 e. The van der Waals surface area contributed by atoms with Crippen LogP contribution in [0.5, 0.6) is 11.5 Å². The zero-order valence-corrected chi connectivity index (χ0v) is 20.4. The zero-order valence-electron chi connectivity index (χ0n) is 20.4. The molecule has 3 aromatic carbocycles. The first-order chi connectivity index (χ1) is 17.0. The summed E-state index contributed by atoms with van der Waals surface area (Å²) in [6.45, 7) is 4.14. The van der Waals surface area contributed by atoms with Crippen LogP contribution in [-0.2, 0) is 0 Å². The van der Waals surface area contributed by atoms with Gasteiger partial charge in [0.15, 0.2) is 11.5 Å². The third kappa shape index (κ3) is 5.90. The van der Waals surface area contributed by atoms with Crippen molar-refractivity contribution in [3.8, 4) is 22.6 Å². The van der Waals surface area contributed by atoms with E-state index in [0.29, 0.717) is 5.92 Å². The van der Waals surface area contributed by atoms with E-state index in [9.17, 15) is 13.6 Å². The summed E-state index contributed by atoms with van der Waals surface area (Å²) in [6, 6.07) is 18.0. The minimum Gasteiger partial charge on any atom is -0.491 e. The molecule has 0 saturated heterocycles. The number of hydrogen-bond acceptors (Lipinski definition) is 3. The van der Waals surface area contributed by atoms with Gasteiger partial charge in [0.25, 0.3) is 0 Å². The maximum atomic E-state index is 14.2. The Morgan fingerprint density at radius 3 is 1.97 bits per heavy atom. The lowest BCUT2D eigenvalue weighted by atomic mass is 9.77. The van der Waals surface area contributed by atoms with Crippen LogP contribution in [0.15, 0.2) is 60.7 Å². The molecule has 1 saturated carbocycles. The van der Waals surface area contributed by atoms with E-state index in [0.717, 1.165) is 17.0 Å². The first kappa shape index (κ1) is 24.9. The highest BCUT2D eigenvalue weighted by Crippen LogP contribution is 2.38. The van der Waals surface area contributed by atoms with Gasteiger partial charge in [-0.2, -0.15) is 8.78 Å². The number of ether oxygens (including phenoxy) is 2. The van der Waals surface area contributed by atoms with Crippen LogP contribution in [-0.4, -0.2) is 12.6 Å². The molecule has 1 fully saturated rings. The van der Waals surface area contributed by atoms with Gasteiger partial charge in [0.2, 0.25) is 11.6 Å². The number of hydrogen-bond donors (Lipinski definition) is 0. The van der Waals surface area contributed by atoms with Gasteiger partial charge < -0.3 is 9.47 Å². The fourth-order valence-corrected chi connectivity index (χ4v) is 4.96. The molecule has 35 heavy (non-hydrogen) atoms. The lowest BCUT2D eigenvalue weighted by molar-refractivity contribution is 0.0726. The first-order valence-corrected chi connectivity index (χ1v) is 12.5. The summed E-state index contributed by atoms with van der Waals surface area (Å²) in [6.07, 6.45) is 7.80. The third-order valence-electron chi connectivity index (χ3n) is 6.89. The Kier molecular flexibility index (Phi) is 8.17. The quantitative estimate of drug-likeness (QED) is 0.241. The topological polar surface area (TPSA) is 35.5 Å². The van der Waals surface area contributed by atoms with Crippen molar-refractivity contribution in [2.45, 2.75) is 58.3 Å². The summed E-state index contributed by atoms with van der Waals surface area (Å²) in [5, 5.41) is 0. The van der Waals surface area contributed by atoms with Crippen molar-refractivity contribution in [3.63, 3.8) is 0 Å². The SMILES string of the molecule is CCCC1CCC(c2ccc(-c3ccc(C(=O)Oc4ccc(OCC)c(F)c4F)cc3)cc2)CC1. The molecule has 1 aliphatic rings. The van der Waals surface area contributed by atoms with Crippen molar-refractivity contribution in [1.29, 1.82) is 0 Å². The van der Waals surface area contributed by atoms with Crippen molar-refractivity contribution in [1.82, 2.24) is 0 Å². The molecule has 3 aromatic rings. The number of halogens is 2. The molecule has 4 rings (SSSR count). The maximum Gasteiger partial charge on any atom is 0.343 e. The Morgan fingerprint density at radius 2 is 1.37 bits per heavy atom. The van der Waals surface area contributed by atoms with Crippen molar-refractivity contribution in [2.75, 3.05) is 6.61 Å². The van der Waals surface area contributed by atoms with Gasteiger partial charge in [-0.15, -0.1) is 0 Å². The molecule has 0 spiro atoms. The van der Waals surface area contributed by atoms with Gasteiger partial charge in [-0.3, -0.25) is 0 Å². The standard InChI is InChI=1S/C30H32F2O3/c1-3-5-20-6-8-21(9-7-20)22-10-12-23(13-11-22)24-14-16-25(17-15-24)30(33)35-27-19-18-26(34-4-2)28(31)29(27)32/h10-21H,3-9H2,1-2H3. The number of esters is 1. The van der Waals surface area contributed by atoms with Crippen LogP contribution in [0.2, 0.25) is 0 Å². The molecule has 0 heterocycles. The summed E-state index contributed by atoms with van der Waals surface area (Å²) in [7, 11) is 0. The van der Waals surface area contributed by atoms with Gasteiger partial charge in [-0.05, 0) is 85.4 Å². The number of benzene rings is 3. The van der Waals surface area contributed by atoms with Gasteiger partial charge in [0.1, 0.15) is 0 Å². The fraction of sp³-hybridized carbons (Fsp3) is 0.367. The second-order valence-corrected chi connectivity index (χ2v) is 9.22. The minimum absolute atomic E-state index is 0.199. The molecule has 0 unspecified atom stereocenters. The van der Waals surface area contributed by atoms with E-state index in [1.54, 1.807) is 19.1 Å². The highest BCUT2D eigenvalue weighted by atomic mass is 19.2. The second-order valence-electron chi connectivity index (χ2n) is 9.22. The summed E-state index contributed by atoms with van der Waals surface area (Å²) in [5.74, 6) is -2.34. The summed E-state index contributed by atoms with van der Waals surface area (Å²) >= 11 is 0. The molecule has 184 valence electrons. The Morgan fingerprint density at radius 1 is 0.800 bits per heavy atom. The van der Waals surface area contributed by atoms with Crippen LogP contribution in [0.3, 0.4) is 0 Å². The lowest BCUT2D eigenvalue weighted by Gasteiger charge is -2.28. The summed E-state index contributed by atoms with van der Waals surface area (Å²) in [4.78, 5) is 12.5. The van der Waals surface area contributed by atoms with E-state index in [2.05, 4.69) is 31.2 Å². The first-order valence-electron chi connectivity index (χ1n) is 12.5. The molecule has 0 atom stereocenters. The Bertz CT molecular complexity index is 1130. The van der Waals surface area contributed by atoms with Crippen LogP contribution in [0, 0.1) is 17.6 Å². The molecule has 0 radical (unpaired) electrons. The van der Waals surface area contributed by atoms with Crippen LogP contribution >= 0.6 is 0 Å². The highest BCUT2D eigenvalue weighted by molar-refractivity contribution is 5.91. The van der Waals surface area contributed by atoms with Gasteiger partial charge in [0.05, 0.1) is 12.2 Å². The predicted molar refractivity (Wildman–Crippen MR) is 134 cm³/mol. The van der Waals surface area contributed by atoms with Crippen molar-refractivity contribution in [2.24, 2.45) is 5.92 Å². The molecule has 0 N–H and O–H groups in total. The molecular weight excluding hydrogens is 446 g/mol. The molecular formula is C30H32F2O3. The Balaban J connectivity index is 1.39. The van der Waals surface area contributed by atoms with E-state index >= 15 is 0 Å². The van der Waals surface area contributed by atoms with E-state index in [-0.39, 0.29) is 17.9 Å². The second kappa shape index (κ2) is 11.5. The molecule has 5 heteroatoms. The Hall–Kier alpha value is -3.21. The van der Waals surface area contributed by atoms with Crippen molar-refractivity contribution < 1.29 is 23.0 Å². The average Bonchev–Trinajstić information content (AvgIpc) is 2.89. The zero-order chi connectivity index (χ0) is 24.8. The summed E-state index contributed by atoms with van der Waals surface area (Å²) in [5.41, 5.74) is 3.68. The van der Waals surface area contributed by atoms with Crippen molar-refractivity contribution >= 4 is 5.97 Å². The lowest BCUT2D eigenvalue weighted by Crippen LogP contribution is -2.13. The number of carbonyl (C=O) groups is 1. The molecule has 0 bridgehead atoms. The molecule has 3 nitrogen and oxygen atoms in total. The van der Waals surface area contributed by atoms with Crippen LogP contribution in [0.25, 0.3) is 11.1 Å². The normalized spacial score (nSPS) is 17.7. The van der Waals surface area contributed by atoms with E-state index < -0.39 is 23.4 Å². The predicted octanol–water partition coefficient (Wildman–Crippen LogP) is 8.32. The van der Waals surface area contributed by atoms with Crippen LogP contribution < -0.4 is 9.47 Å². The fourth-order valence-electron chi connectivity index (χ4n) is 4.96. The average molecular weight is 479 g/mol. The van der Waals surface area contributed by atoms with E-state index in [4.69, 9.17) is 9.47 Å². The molecule has 0 aromatic heterocycles. The molecule has 1 aliphatic carbocycles. The van der Waals surface area contributed by atoms with E-state index in [1.807, 2.05) is 12.1 Å². The Labute approximate surface area is 206 Å². The molecule has 0 aliphatic heterocycles. The maximum absolute atomic E-state index is 14.2. The summed E-state index contributed by atoms with van der Waals surface area (Å²) < 4.78 is 38.4. The van der Waals surface area contributed by atoms with Gasteiger partial charge in [-0.1, -0.05) is 56.2 Å². The third-order valence-corrected chi connectivity index (χ3v) is 6.89. The number of carbonyl (C=O) groups excluding carboxylic acids is 1. The molecule has 0 amide bonds. The monoisotopic (exact) mass is 478 g/mol. The van der Waals surface area contributed by atoms with Gasteiger partial charge >= 0.3 is 5.97 Å². The van der Waals surface area contributed by atoms with Gasteiger partial charge in [0, 0.05) is 0 Å². The minimum atomic E-state index is -1.25. The largest absolute Gasteiger partial charge is 0.491 e. The van der Waals surface area contributed by atoms with Crippen LogP contribution in [0.1, 0.15) is 74.2 Å². The van der Waals surface area contributed by atoms with Crippen LogP contribution in [0.4, 0.5) is 8.78 Å². The van der Waals surface area contributed by atoms with Gasteiger partial charge in [-0.25, -0.2) is 4.79 Å². The van der Waals surface area contributed by atoms with Crippen molar-refractivity contribution in [3.05, 3.63) is 83.4 Å².